The Morgan fingerprint density at radius 1 is 1.53 bits per heavy atom. The van der Waals surface area contributed by atoms with Crippen LogP contribution in [0.5, 0.6) is 0 Å². The van der Waals surface area contributed by atoms with Crippen molar-refractivity contribution in [1.82, 2.24) is 10.2 Å². The van der Waals surface area contributed by atoms with Crippen LogP contribution in [-0.4, -0.2) is 49.3 Å². The largest absolute Gasteiger partial charge is 0.377 e. The predicted octanol–water partition coefficient (Wildman–Crippen LogP) is 1.38. The van der Waals surface area contributed by atoms with Gasteiger partial charge in [-0.15, -0.1) is 0 Å². The number of rotatable bonds is 5. The van der Waals surface area contributed by atoms with Crippen molar-refractivity contribution in [2.45, 2.75) is 51.8 Å². The van der Waals surface area contributed by atoms with Gasteiger partial charge in [0, 0.05) is 32.3 Å². The molecule has 0 aromatic carbocycles. The molecule has 98 valence electrons. The van der Waals surface area contributed by atoms with Crippen molar-refractivity contribution in [3.63, 3.8) is 0 Å². The van der Waals surface area contributed by atoms with Gasteiger partial charge in [-0.3, -0.25) is 5.32 Å². The molecule has 17 heavy (non-hydrogen) atoms. The van der Waals surface area contributed by atoms with Crippen molar-refractivity contribution in [1.29, 1.82) is 5.26 Å². The van der Waals surface area contributed by atoms with Crippen LogP contribution in [-0.2, 0) is 4.74 Å². The zero-order valence-electron chi connectivity index (χ0n) is 11.3. The second kappa shape index (κ2) is 7.65. The molecule has 1 fully saturated rings. The molecule has 0 radical (unpaired) electrons. The lowest BCUT2D eigenvalue weighted by molar-refractivity contribution is 0.0674. The summed E-state index contributed by atoms with van der Waals surface area (Å²) in [5.41, 5.74) is 0. The molecule has 0 saturated carbocycles. The molecule has 4 heteroatoms. The molecule has 1 aliphatic rings. The fourth-order valence-corrected chi connectivity index (χ4v) is 2.18. The first-order valence-electron chi connectivity index (χ1n) is 6.61. The summed E-state index contributed by atoms with van der Waals surface area (Å²) in [6.07, 6.45) is 2.30. The summed E-state index contributed by atoms with van der Waals surface area (Å²) >= 11 is 0. The second-order valence-electron chi connectivity index (χ2n) is 5.13. The van der Waals surface area contributed by atoms with Crippen LogP contribution in [0.4, 0.5) is 0 Å². The molecule has 0 spiro atoms. The molecule has 1 rings (SSSR count). The lowest BCUT2D eigenvalue weighted by atomic mass is 10.2. The lowest BCUT2D eigenvalue weighted by Gasteiger charge is -2.23. The smallest absolute Gasteiger partial charge is 0.0967 e. The highest BCUT2D eigenvalue weighted by molar-refractivity contribution is 4.91. The van der Waals surface area contributed by atoms with Crippen molar-refractivity contribution in [3.05, 3.63) is 0 Å². The Kier molecular flexibility index (Phi) is 6.49. The number of ether oxygens (including phenoxy) is 1. The topological polar surface area (TPSA) is 48.3 Å². The molecule has 0 amide bonds. The Bertz CT molecular complexity index is 250. The Hall–Kier alpha value is -0.630. The first-order valence-corrected chi connectivity index (χ1v) is 6.61. The summed E-state index contributed by atoms with van der Waals surface area (Å²) in [6, 6.07) is 2.66. The number of nitrogens with zero attached hydrogens (tertiary/aromatic N) is 2. The number of hydrogen-bond acceptors (Lipinski definition) is 4. The zero-order chi connectivity index (χ0) is 12.7. The summed E-state index contributed by atoms with van der Waals surface area (Å²) < 4.78 is 5.61. The Labute approximate surface area is 105 Å². The van der Waals surface area contributed by atoms with Crippen molar-refractivity contribution >= 4 is 0 Å². The van der Waals surface area contributed by atoms with Gasteiger partial charge in [0.05, 0.1) is 18.2 Å². The maximum Gasteiger partial charge on any atom is 0.0967 e. The van der Waals surface area contributed by atoms with E-state index in [1.165, 1.54) is 0 Å². The average molecular weight is 239 g/mol. The quantitative estimate of drug-likeness (QED) is 0.787. The lowest BCUT2D eigenvalue weighted by Crippen LogP contribution is -2.38. The van der Waals surface area contributed by atoms with Gasteiger partial charge in [-0.25, -0.2) is 0 Å². The van der Waals surface area contributed by atoms with E-state index in [9.17, 15) is 0 Å². The van der Waals surface area contributed by atoms with E-state index in [1.54, 1.807) is 0 Å². The Morgan fingerprint density at radius 2 is 2.29 bits per heavy atom. The molecule has 1 saturated heterocycles. The Morgan fingerprint density at radius 3 is 2.94 bits per heavy atom. The minimum atomic E-state index is -0.0329. The van der Waals surface area contributed by atoms with E-state index in [0.717, 1.165) is 39.1 Å². The molecule has 2 unspecified atom stereocenters. The second-order valence-corrected chi connectivity index (χ2v) is 5.13. The Balaban J connectivity index is 2.30. The summed E-state index contributed by atoms with van der Waals surface area (Å²) in [5, 5.41) is 12.3. The van der Waals surface area contributed by atoms with Crippen LogP contribution in [0.25, 0.3) is 0 Å². The van der Waals surface area contributed by atoms with E-state index in [4.69, 9.17) is 10.00 Å². The van der Waals surface area contributed by atoms with E-state index < -0.39 is 0 Å². The van der Waals surface area contributed by atoms with Crippen molar-refractivity contribution < 1.29 is 4.74 Å². The van der Waals surface area contributed by atoms with Crippen LogP contribution in [0.3, 0.4) is 0 Å². The normalized spacial score (nSPS) is 24.3. The molecule has 1 aliphatic heterocycles. The molecule has 1 N–H and O–H groups in total. The van der Waals surface area contributed by atoms with E-state index in [1.807, 2.05) is 0 Å². The number of hydrogen-bond donors (Lipinski definition) is 1. The highest BCUT2D eigenvalue weighted by atomic mass is 16.5. The van der Waals surface area contributed by atoms with E-state index in [-0.39, 0.29) is 6.04 Å². The maximum atomic E-state index is 9.06. The van der Waals surface area contributed by atoms with Gasteiger partial charge in [-0.1, -0.05) is 0 Å². The molecule has 0 bridgehead atoms. The average Bonchev–Trinajstić information content (AvgIpc) is 2.48. The summed E-state index contributed by atoms with van der Waals surface area (Å²) in [7, 11) is 0. The standard InChI is InChI=1S/C13H25N3O/c1-11(2)15-13(9-14)5-7-16-6-4-8-17-12(3)10-16/h11-13,15H,4-8,10H2,1-3H3. The molecule has 1 heterocycles. The third-order valence-corrected chi connectivity index (χ3v) is 2.96. The van der Waals surface area contributed by atoms with Crippen LogP contribution in [0.2, 0.25) is 0 Å². The fourth-order valence-electron chi connectivity index (χ4n) is 2.18. The molecule has 4 nitrogen and oxygen atoms in total. The summed E-state index contributed by atoms with van der Waals surface area (Å²) in [6.45, 7) is 10.2. The first kappa shape index (κ1) is 14.4. The van der Waals surface area contributed by atoms with Crippen LogP contribution in [0, 0.1) is 11.3 Å². The van der Waals surface area contributed by atoms with Crippen molar-refractivity contribution in [2.24, 2.45) is 0 Å². The van der Waals surface area contributed by atoms with Gasteiger partial charge in [-0.05, 0) is 33.6 Å². The van der Waals surface area contributed by atoms with Crippen molar-refractivity contribution in [3.8, 4) is 6.07 Å². The van der Waals surface area contributed by atoms with Gasteiger partial charge in [-0.2, -0.15) is 5.26 Å². The third kappa shape index (κ3) is 6.02. The molecule has 2 atom stereocenters. The monoisotopic (exact) mass is 239 g/mol. The molecular weight excluding hydrogens is 214 g/mol. The van der Waals surface area contributed by atoms with Crippen LogP contribution in [0.15, 0.2) is 0 Å². The van der Waals surface area contributed by atoms with E-state index >= 15 is 0 Å². The molecule has 0 aromatic rings. The third-order valence-electron chi connectivity index (χ3n) is 2.96. The van der Waals surface area contributed by atoms with Gasteiger partial charge in [0.15, 0.2) is 0 Å². The number of nitriles is 1. The van der Waals surface area contributed by atoms with Crippen LogP contribution >= 0.6 is 0 Å². The van der Waals surface area contributed by atoms with Gasteiger partial charge in [0.25, 0.3) is 0 Å². The maximum absolute atomic E-state index is 9.06. The van der Waals surface area contributed by atoms with Crippen molar-refractivity contribution in [2.75, 3.05) is 26.2 Å². The zero-order valence-corrected chi connectivity index (χ0v) is 11.3. The first-order chi connectivity index (χ1) is 8.11. The van der Waals surface area contributed by atoms with Gasteiger partial charge in [0.1, 0.15) is 0 Å². The molecule has 0 aromatic heterocycles. The van der Waals surface area contributed by atoms with Crippen LogP contribution in [0.1, 0.15) is 33.6 Å². The van der Waals surface area contributed by atoms with Crippen LogP contribution < -0.4 is 5.32 Å². The van der Waals surface area contributed by atoms with Gasteiger partial charge >= 0.3 is 0 Å². The van der Waals surface area contributed by atoms with E-state index in [0.29, 0.717) is 12.1 Å². The fraction of sp³-hybridized carbons (Fsp3) is 0.923. The SMILES string of the molecule is CC(C)NC(C#N)CCN1CCCOC(C)C1. The highest BCUT2D eigenvalue weighted by Gasteiger charge is 2.16. The molecular formula is C13H25N3O. The summed E-state index contributed by atoms with van der Waals surface area (Å²) in [4.78, 5) is 2.41. The van der Waals surface area contributed by atoms with Gasteiger partial charge in [0.2, 0.25) is 0 Å². The highest BCUT2D eigenvalue weighted by Crippen LogP contribution is 2.06. The predicted molar refractivity (Wildman–Crippen MR) is 68.8 cm³/mol. The van der Waals surface area contributed by atoms with E-state index in [2.05, 4.69) is 37.1 Å². The number of nitrogens with one attached hydrogen (secondary N) is 1. The minimum absolute atomic E-state index is 0.0329. The summed E-state index contributed by atoms with van der Waals surface area (Å²) in [5.74, 6) is 0. The minimum Gasteiger partial charge on any atom is -0.377 e. The van der Waals surface area contributed by atoms with Gasteiger partial charge < -0.3 is 9.64 Å². The molecule has 0 aliphatic carbocycles.